The van der Waals surface area contributed by atoms with Crippen molar-refractivity contribution in [3.8, 4) is 0 Å². The normalized spacial score (nSPS) is 16.5. The van der Waals surface area contributed by atoms with Gasteiger partial charge in [0.25, 0.3) is 0 Å². The SMILES string of the molecule is CC(C)(C)OC(=O)N1CCC=C(C(=N)CO)C1. The summed E-state index contributed by atoms with van der Waals surface area (Å²) in [7, 11) is 0. The number of nitrogens with one attached hydrogen (secondary N) is 1. The highest BCUT2D eigenvalue weighted by Gasteiger charge is 2.25. The summed E-state index contributed by atoms with van der Waals surface area (Å²) in [6, 6.07) is 0. The van der Waals surface area contributed by atoms with E-state index in [1.807, 2.05) is 26.8 Å². The van der Waals surface area contributed by atoms with Crippen molar-refractivity contribution in [2.75, 3.05) is 19.7 Å². The average molecular weight is 240 g/mol. The van der Waals surface area contributed by atoms with Crippen LogP contribution >= 0.6 is 0 Å². The number of carbonyl (C=O) groups excluding carboxylic acids is 1. The van der Waals surface area contributed by atoms with Crippen LogP contribution in [0, 0.1) is 5.41 Å². The van der Waals surface area contributed by atoms with Crippen molar-refractivity contribution >= 4 is 11.8 Å². The second-order valence-electron chi connectivity index (χ2n) is 5.06. The molecular weight excluding hydrogens is 220 g/mol. The number of hydrogen-bond donors (Lipinski definition) is 2. The number of amides is 1. The molecule has 0 radical (unpaired) electrons. The Labute approximate surface area is 102 Å². The fraction of sp³-hybridized carbons (Fsp3) is 0.667. The van der Waals surface area contributed by atoms with Gasteiger partial charge in [-0.25, -0.2) is 4.79 Å². The van der Waals surface area contributed by atoms with Crippen LogP contribution in [-0.2, 0) is 4.74 Å². The van der Waals surface area contributed by atoms with Gasteiger partial charge in [-0.2, -0.15) is 0 Å². The Morgan fingerprint density at radius 1 is 1.59 bits per heavy atom. The molecule has 0 aromatic rings. The van der Waals surface area contributed by atoms with Gasteiger partial charge in [0.1, 0.15) is 5.60 Å². The number of hydrogen-bond acceptors (Lipinski definition) is 4. The fourth-order valence-corrected chi connectivity index (χ4v) is 1.55. The number of rotatable bonds is 2. The topological polar surface area (TPSA) is 73.6 Å². The summed E-state index contributed by atoms with van der Waals surface area (Å²) in [5.41, 5.74) is 0.353. The van der Waals surface area contributed by atoms with E-state index in [1.165, 1.54) is 0 Å². The highest BCUT2D eigenvalue weighted by Crippen LogP contribution is 2.15. The third kappa shape index (κ3) is 4.19. The molecule has 0 atom stereocenters. The third-order valence-electron chi connectivity index (χ3n) is 2.35. The van der Waals surface area contributed by atoms with Gasteiger partial charge in [-0.15, -0.1) is 0 Å². The fourth-order valence-electron chi connectivity index (χ4n) is 1.55. The number of nitrogens with zero attached hydrogens (tertiary/aromatic N) is 1. The summed E-state index contributed by atoms with van der Waals surface area (Å²) in [6.45, 7) is 6.10. The Bertz CT molecular complexity index is 342. The summed E-state index contributed by atoms with van der Waals surface area (Å²) in [4.78, 5) is 13.4. The van der Waals surface area contributed by atoms with Crippen molar-refractivity contribution in [3.05, 3.63) is 11.6 Å². The molecule has 96 valence electrons. The van der Waals surface area contributed by atoms with Gasteiger partial charge >= 0.3 is 6.09 Å². The van der Waals surface area contributed by atoms with E-state index < -0.39 is 5.60 Å². The number of aliphatic hydroxyl groups excluding tert-OH is 1. The van der Waals surface area contributed by atoms with Crippen LogP contribution in [0.5, 0.6) is 0 Å². The van der Waals surface area contributed by atoms with Crippen LogP contribution in [0.3, 0.4) is 0 Å². The van der Waals surface area contributed by atoms with Crippen molar-refractivity contribution in [3.63, 3.8) is 0 Å². The molecule has 0 aromatic heterocycles. The molecule has 0 bridgehead atoms. The molecule has 1 heterocycles. The quantitative estimate of drug-likeness (QED) is 0.719. The van der Waals surface area contributed by atoms with E-state index >= 15 is 0 Å². The molecule has 2 N–H and O–H groups in total. The van der Waals surface area contributed by atoms with Crippen molar-refractivity contribution in [1.29, 1.82) is 5.41 Å². The predicted molar refractivity (Wildman–Crippen MR) is 65.3 cm³/mol. The Hall–Kier alpha value is -1.36. The minimum absolute atomic E-state index is 0.165. The van der Waals surface area contributed by atoms with E-state index in [1.54, 1.807) is 4.90 Å². The van der Waals surface area contributed by atoms with E-state index in [0.29, 0.717) is 25.1 Å². The molecule has 0 fully saturated rings. The number of carbonyl (C=O) groups is 1. The van der Waals surface area contributed by atoms with Gasteiger partial charge in [0.15, 0.2) is 0 Å². The van der Waals surface area contributed by atoms with E-state index in [4.69, 9.17) is 15.3 Å². The van der Waals surface area contributed by atoms with Crippen molar-refractivity contribution in [2.45, 2.75) is 32.8 Å². The molecule has 1 amide bonds. The lowest BCUT2D eigenvalue weighted by molar-refractivity contribution is 0.0265. The van der Waals surface area contributed by atoms with E-state index in [9.17, 15) is 4.79 Å². The van der Waals surface area contributed by atoms with Gasteiger partial charge in [-0.3, -0.25) is 0 Å². The first-order valence-corrected chi connectivity index (χ1v) is 5.69. The molecular formula is C12H20N2O3. The number of ether oxygens (including phenoxy) is 1. The zero-order valence-electron chi connectivity index (χ0n) is 10.6. The first-order chi connectivity index (χ1) is 7.83. The minimum Gasteiger partial charge on any atom is -0.444 e. The van der Waals surface area contributed by atoms with Gasteiger partial charge < -0.3 is 20.2 Å². The lowest BCUT2D eigenvalue weighted by Gasteiger charge is -2.30. The molecule has 5 nitrogen and oxygen atoms in total. The molecule has 17 heavy (non-hydrogen) atoms. The van der Waals surface area contributed by atoms with Crippen LogP contribution < -0.4 is 0 Å². The number of aliphatic hydroxyl groups is 1. The zero-order valence-corrected chi connectivity index (χ0v) is 10.6. The maximum absolute atomic E-state index is 11.8. The molecule has 5 heteroatoms. The first-order valence-electron chi connectivity index (χ1n) is 5.69. The Balaban J connectivity index is 2.61. The maximum atomic E-state index is 11.8. The van der Waals surface area contributed by atoms with Crippen LogP contribution in [0.15, 0.2) is 11.6 Å². The molecule has 0 spiro atoms. The molecule has 1 aliphatic rings. The molecule has 0 aromatic carbocycles. The zero-order chi connectivity index (χ0) is 13.1. The lowest BCUT2D eigenvalue weighted by Crippen LogP contribution is -2.41. The second kappa shape index (κ2) is 5.31. The Morgan fingerprint density at radius 3 is 2.76 bits per heavy atom. The van der Waals surface area contributed by atoms with Crippen LogP contribution in [0.1, 0.15) is 27.2 Å². The molecule has 0 aliphatic carbocycles. The summed E-state index contributed by atoms with van der Waals surface area (Å²) in [5.74, 6) is 0. The van der Waals surface area contributed by atoms with Gasteiger partial charge in [0.2, 0.25) is 0 Å². The molecule has 1 rings (SSSR count). The monoisotopic (exact) mass is 240 g/mol. The maximum Gasteiger partial charge on any atom is 0.410 e. The second-order valence-corrected chi connectivity index (χ2v) is 5.06. The summed E-state index contributed by atoms with van der Waals surface area (Å²) >= 11 is 0. The summed E-state index contributed by atoms with van der Waals surface area (Å²) in [6.07, 6.45) is 2.21. The minimum atomic E-state index is -0.511. The van der Waals surface area contributed by atoms with E-state index in [2.05, 4.69) is 0 Å². The Kier molecular flexibility index (Phi) is 4.28. The van der Waals surface area contributed by atoms with Crippen LogP contribution in [-0.4, -0.2) is 47.1 Å². The Morgan fingerprint density at radius 2 is 2.24 bits per heavy atom. The van der Waals surface area contributed by atoms with Crippen LogP contribution in [0.4, 0.5) is 4.79 Å². The molecule has 0 saturated carbocycles. The molecule has 0 saturated heterocycles. The predicted octanol–water partition coefficient (Wildman–Crippen LogP) is 1.57. The van der Waals surface area contributed by atoms with Gasteiger partial charge in [0.05, 0.1) is 18.9 Å². The van der Waals surface area contributed by atoms with Crippen LogP contribution in [0.2, 0.25) is 0 Å². The summed E-state index contributed by atoms with van der Waals surface area (Å²) in [5, 5.41) is 16.4. The molecule has 0 unspecified atom stereocenters. The highest BCUT2D eigenvalue weighted by molar-refractivity contribution is 5.99. The van der Waals surface area contributed by atoms with E-state index in [-0.39, 0.29) is 18.4 Å². The van der Waals surface area contributed by atoms with Gasteiger partial charge in [-0.1, -0.05) is 6.08 Å². The van der Waals surface area contributed by atoms with Crippen molar-refractivity contribution in [2.24, 2.45) is 0 Å². The third-order valence-corrected chi connectivity index (χ3v) is 2.35. The van der Waals surface area contributed by atoms with Gasteiger partial charge in [-0.05, 0) is 32.8 Å². The first kappa shape index (κ1) is 13.7. The molecule has 1 aliphatic heterocycles. The standard InChI is InChI=1S/C12H20N2O3/c1-12(2,3)17-11(16)14-6-4-5-9(7-14)10(13)8-15/h5,13,15H,4,6-8H2,1-3H3. The van der Waals surface area contributed by atoms with Crippen molar-refractivity contribution in [1.82, 2.24) is 4.90 Å². The lowest BCUT2D eigenvalue weighted by atomic mass is 10.1. The van der Waals surface area contributed by atoms with Crippen LogP contribution in [0.25, 0.3) is 0 Å². The summed E-state index contributed by atoms with van der Waals surface area (Å²) < 4.78 is 5.27. The van der Waals surface area contributed by atoms with E-state index in [0.717, 1.165) is 0 Å². The van der Waals surface area contributed by atoms with Gasteiger partial charge in [0, 0.05) is 6.54 Å². The smallest absolute Gasteiger partial charge is 0.410 e. The highest BCUT2D eigenvalue weighted by atomic mass is 16.6. The van der Waals surface area contributed by atoms with Crippen molar-refractivity contribution < 1.29 is 14.6 Å². The average Bonchev–Trinajstić information content (AvgIpc) is 2.26. The largest absolute Gasteiger partial charge is 0.444 e.